The molecule has 0 spiro atoms. The SMILES string of the molecule is Cc1ccnc(N2CC[C@@H](NC(=O)OC(C)(C)C)C2)n1. The maximum Gasteiger partial charge on any atom is 0.407 e. The monoisotopic (exact) mass is 278 g/mol. The van der Waals surface area contributed by atoms with Crippen molar-refractivity contribution in [1.82, 2.24) is 15.3 Å². The molecule has 6 heteroatoms. The van der Waals surface area contributed by atoms with Gasteiger partial charge in [-0.2, -0.15) is 0 Å². The van der Waals surface area contributed by atoms with Crippen LogP contribution in [-0.2, 0) is 4.74 Å². The zero-order valence-corrected chi connectivity index (χ0v) is 12.5. The second-order valence-corrected chi connectivity index (χ2v) is 6.08. The summed E-state index contributed by atoms with van der Waals surface area (Å²) >= 11 is 0. The lowest BCUT2D eigenvalue weighted by Crippen LogP contribution is -2.40. The average molecular weight is 278 g/mol. The molecule has 0 aliphatic carbocycles. The van der Waals surface area contributed by atoms with Gasteiger partial charge in [0.2, 0.25) is 5.95 Å². The predicted octanol–water partition coefficient (Wildman–Crippen LogP) is 1.89. The Bertz CT molecular complexity index is 484. The number of amides is 1. The van der Waals surface area contributed by atoms with Crippen molar-refractivity contribution in [2.75, 3.05) is 18.0 Å². The highest BCUT2D eigenvalue weighted by atomic mass is 16.6. The van der Waals surface area contributed by atoms with Crippen LogP contribution in [0.4, 0.5) is 10.7 Å². The Hall–Kier alpha value is -1.85. The van der Waals surface area contributed by atoms with Gasteiger partial charge in [-0.25, -0.2) is 14.8 Å². The minimum atomic E-state index is -0.470. The highest BCUT2D eigenvalue weighted by Gasteiger charge is 2.27. The summed E-state index contributed by atoms with van der Waals surface area (Å²) in [7, 11) is 0. The van der Waals surface area contributed by atoms with Gasteiger partial charge in [0.1, 0.15) is 5.60 Å². The first kappa shape index (κ1) is 14.6. The van der Waals surface area contributed by atoms with Crippen molar-refractivity contribution in [3.8, 4) is 0 Å². The fraction of sp³-hybridized carbons (Fsp3) is 0.643. The number of nitrogens with one attached hydrogen (secondary N) is 1. The van der Waals surface area contributed by atoms with E-state index in [1.54, 1.807) is 6.20 Å². The quantitative estimate of drug-likeness (QED) is 0.894. The zero-order chi connectivity index (χ0) is 14.8. The van der Waals surface area contributed by atoms with E-state index in [9.17, 15) is 4.79 Å². The standard InChI is InChI=1S/C14H22N4O2/c1-10-5-7-15-12(16-10)18-8-6-11(9-18)17-13(19)20-14(2,3)4/h5,7,11H,6,8-9H2,1-4H3,(H,17,19)/t11-/m1/s1. The molecule has 0 saturated carbocycles. The lowest BCUT2D eigenvalue weighted by atomic mass is 10.2. The van der Waals surface area contributed by atoms with Crippen LogP contribution in [0.1, 0.15) is 32.9 Å². The average Bonchev–Trinajstić information content (AvgIpc) is 2.74. The van der Waals surface area contributed by atoms with E-state index in [4.69, 9.17) is 4.74 Å². The Kier molecular flexibility index (Phi) is 4.11. The molecular formula is C14H22N4O2. The molecule has 1 saturated heterocycles. The number of rotatable bonds is 2. The van der Waals surface area contributed by atoms with Crippen molar-refractivity contribution >= 4 is 12.0 Å². The number of anilines is 1. The third-order valence-corrected chi connectivity index (χ3v) is 2.97. The fourth-order valence-corrected chi connectivity index (χ4v) is 2.12. The number of alkyl carbamates (subject to hydrolysis) is 1. The zero-order valence-electron chi connectivity index (χ0n) is 12.5. The Morgan fingerprint density at radius 3 is 2.90 bits per heavy atom. The molecule has 1 aliphatic rings. The van der Waals surface area contributed by atoms with Crippen LogP contribution in [0.25, 0.3) is 0 Å². The van der Waals surface area contributed by atoms with Crippen molar-refractivity contribution in [2.45, 2.75) is 45.8 Å². The third kappa shape index (κ3) is 4.08. The summed E-state index contributed by atoms with van der Waals surface area (Å²) in [6, 6.07) is 1.95. The number of nitrogens with zero attached hydrogens (tertiary/aromatic N) is 3. The van der Waals surface area contributed by atoms with E-state index in [-0.39, 0.29) is 12.1 Å². The maximum atomic E-state index is 11.7. The van der Waals surface area contributed by atoms with Crippen molar-refractivity contribution in [1.29, 1.82) is 0 Å². The van der Waals surface area contributed by atoms with Crippen molar-refractivity contribution < 1.29 is 9.53 Å². The first-order chi connectivity index (χ1) is 9.33. The highest BCUT2D eigenvalue weighted by Crippen LogP contribution is 2.16. The summed E-state index contributed by atoms with van der Waals surface area (Å²) in [5.74, 6) is 0.721. The number of carbonyl (C=O) groups excluding carboxylic acids is 1. The van der Waals surface area contributed by atoms with Crippen LogP contribution in [0.2, 0.25) is 0 Å². The second-order valence-electron chi connectivity index (χ2n) is 6.08. The Balaban J connectivity index is 1.88. The summed E-state index contributed by atoms with van der Waals surface area (Å²) in [4.78, 5) is 22.5. The van der Waals surface area contributed by atoms with Crippen LogP contribution in [0.5, 0.6) is 0 Å². The molecule has 1 amide bonds. The Morgan fingerprint density at radius 2 is 2.25 bits per heavy atom. The Morgan fingerprint density at radius 1 is 1.50 bits per heavy atom. The van der Waals surface area contributed by atoms with Gasteiger partial charge in [-0.3, -0.25) is 0 Å². The highest BCUT2D eigenvalue weighted by molar-refractivity contribution is 5.68. The largest absolute Gasteiger partial charge is 0.444 e. The molecule has 0 radical (unpaired) electrons. The van der Waals surface area contributed by atoms with Crippen LogP contribution in [0, 0.1) is 6.92 Å². The smallest absolute Gasteiger partial charge is 0.407 e. The van der Waals surface area contributed by atoms with Crippen molar-refractivity contribution in [3.05, 3.63) is 18.0 Å². The summed E-state index contributed by atoms with van der Waals surface area (Å²) in [6.45, 7) is 9.06. The van der Waals surface area contributed by atoms with Gasteiger partial charge >= 0.3 is 6.09 Å². The lowest BCUT2D eigenvalue weighted by molar-refractivity contribution is 0.0509. The fourth-order valence-electron chi connectivity index (χ4n) is 2.12. The summed E-state index contributed by atoms with van der Waals surface area (Å²) in [5, 5.41) is 2.89. The molecule has 6 nitrogen and oxygen atoms in total. The minimum Gasteiger partial charge on any atom is -0.444 e. The van der Waals surface area contributed by atoms with Crippen molar-refractivity contribution in [2.24, 2.45) is 0 Å². The minimum absolute atomic E-state index is 0.0777. The predicted molar refractivity (Wildman–Crippen MR) is 76.8 cm³/mol. The lowest BCUT2D eigenvalue weighted by Gasteiger charge is -2.22. The third-order valence-electron chi connectivity index (χ3n) is 2.97. The van der Waals surface area contributed by atoms with Crippen LogP contribution < -0.4 is 10.2 Å². The number of hydrogen-bond donors (Lipinski definition) is 1. The molecule has 2 rings (SSSR count). The molecule has 0 unspecified atom stereocenters. The molecule has 1 N–H and O–H groups in total. The molecule has 1 fully saturated rings. The molecule has 110 valence electrons. The first-order valence-electron chi connectivity index (χ1n) is 6.87. The number of aromatic nitrogens is 2. The molecule has 1 aromatic rings. The molecular weight excluding hydrogens is 256 g/mol. The topological polar surface area (TPSA) is 67.4 Å². The molecule has 20 heavy (non-hydrogen) atoms. The van der Waals surface area contributed by atoms with Gasteiger partial charge in [0.25, 0.3) is 0 Å². The summed E-state index contributed by atoms with van der Waals surface area (Å²) < 4.78 is 5.26. The second kappa shape index (κ2) is 5.64. The molecule has 2 heterocycles. The molecule has 0 bridgehead atoms. The number of aryl methyl sites for hydroxylation is 1. The molecule has 1 aliphatic heterocycles. The van der Waals surface area contributed by atoms with Gasteiger partial charge in [-0.1, -0.05) is 0 Å². The summed E-state index contributed by atoms with van der Waals surface area (Å²) in [5.41, 5.74) is 0.473. The summed E-state index contributed by atoms with van der Waals surface area (Å²) in [6.07, 6.45) is 2.26. The van der Waals surface area contributed by atoms with Gasteiger partial charge in [0.15, 0.2) is 0 Å². The molecule has 1 aromatic heterocycles. The van der Waals surface area contributed by atoms with Gasteiger partial charge in [0.05, 0.1) is 6.04 Å². The number of hydrogen-bond acceptors (Lipinski definition) is 5. The maximum absolute atomic E-state index is 11.7. The van der Waals surface area contributed by atoms with E-state index in [2.05, 4.69) is 20.2 Å². The van der Waals surface area contributed by atoms with Gasteiger partial charge in [-0.05, 0) is 40.2 Å². The van der Waals surface area contributed by atoms with Crippen LogP contribution in [-0.4, -0.2) is 40.8 Å². The van der Waals surface area contributed by atoms with Gasteiger partial charge in [0, 0.05) is 25.0 Å². The number of carbonyl (C=O) groups is 1. The van der Waals surface area contributed by atoms with E-state index in [0.717, 1.165) is 24.6 Å². The molecule has 1 atom stereocenters. The first-order valence-corrected chi connectivity index (χ1v) is 6.87. The van der Waals surface area contributed by atoms with Crippen LogP contribution >= 0.6 is 0 Å². The van der Waals surface area contributed by atoms with Gasteiger partial charge in [-0.15, -0.1) is 0 Å². The van der Waals surface area contributed by atoms with E-state index >= 15 is 0 Å². The number of ether oxygens (including phenoxy) is 1. The van der Waals surface area contributed by atoms with E-state index in [1.807, 2.05) is 33.8 Å². The van der Waals surface area contributed by atoms with Crippen LogP contribution in [0.15, 0.2) is 12.3 Å². The van der Waals surface area contributed by atoms with E-state index < -0.39 is 5.60 Å². The van der Waals surface area contributed by atoms with Gasteiger partial charge < -0.3 is 15.0 Å². The van der Waals surface area contributed by atoms with Crippen LogP contribution in [0.3, 0.4) is 0 Å². The molecule has 0 aromatic carbocycles. The Labute approximate surface area is 119 Å². The van der Waals surface area contributed by atoms with E-state index in [1.165, 1.54) is 0 Å². The normalized spacial score (nSPS) is 19.0. The van der Waals surface area contributed by atoms with Crippen molar-refractivity contribution in [3.63, 3.8) is 0 Å². The van der Waals surface area contributed by atoms with E-state index in [0.29, 0.717) is 6.54 Å².